The predicted octanol–water partition coefficient (Wildman–Crippen LogP) is 4.03. The zero-order valence-corrected chi connectivity index (χ0v) is 13.2. The first-order valence-corrected chi connectivity index (χ1v) is 8.18. The van der Waals surface area contributed by atoms with E-state index in [1.54, 1.807) is 0 Å². The van der Waals surface area contributed by atoms with Crippen LogP contribution in [0.4, 0.5) is 0 Å². The van der Waals surface area contributed by atoms with Crippen LogP contribution in [-0.2, 0) is 4.79 Å². The lowest BCUT2D eigenvalue weighted by Crippen LogP contribution is -2.37. The minimum absolute atomic E-state index is 0.000425. The van der Waals surface area contributed by atoms with Crippen molar-refractivity contribution in [3.8, 4) is 5.75 Å². The highest BCUT2D eigenvalue weighted by molar-refractivity contribution is 5.77. The Kier molecular flexibility index (Phi) is 6.09. The summed E-state index contributed by atoms with van der Waals surface area (Å²) in [6, 6.07) is 8.29. The van der Waals surface area contributed by atoms with E-state index < -0.39 is 0 Å². The molecule has 0 aromatic heterocycles. The lowest BCUT2D eigenvalue weighted by atomic mass is 10.0. The first-order valence-electron chi connectivity index (χ1n) is 8.18. The third-order valence-electron chi connectivity index (χ3n) is 4.12. The minimum atomic E-state index is 0.000425. The van der Waals surface area contributed by atoms with Crippen LogP contribution in [0.1, 0.15) is 63.9 Å². The van der Waals surface area contributed by atoms with E-state index in [0.29, 0.717) is 12.0 Å². The molecule has 1 aromatic carbocycles. The van der Waals surface area contributed by atoms with E-state index in [1.807, 2.05) is 18.2 Å². The van der Waals surface area contributed by atoms with E-state index in [2.05, 4.69) is 25.2 Å². The highest BCUT2D eigenvalue weighted by Crippen LogP contribution is 2.25. The molecule has 0 aliphatic heterocycles. The Balaban J connectivity index is 1.83. The number of ether oxygens (including phenoxy) is 1. The lowest BCUT2D eigenvalue weighted by molar-refractivity contribution is -0.123. The highest BCUT2D eigenvalue weighted by atomic mass is 16.5. The van der Waals surface area contributed by atoms with Crippen LogP contribution in [0.3, 0.4) is 0 Å². The van der Waals surface area contributed by atoms with Crippen molar-refractivity contribution >= 4 is 5.91 Å². The zero-order valence-electron chi connectivity index (χ0n) is 13.2. The first kappa shape index (κ1) is 15.9. The van der Waals surface area contributed by atoms with Gasteiger partial charge >= 0.3 is 0 Å². The topological polar surface area (TPSA) is 38.3 Å². The highest BCUT2D eigenvalue weighted by Gasteiger charge is 2.15. The average molecular weight is 289 g/mol. The Bertz CT molecular complexity index is 448. The molecule has 1 amide bonds. The smallest absolute Gasteiger partial charge is 0.258 e. The van der Waals surface area contributed by atoms with E-state index in [9.17, 15) is 4.79 Å². The monoisotopic (exact) mass is 289 g/mol. The standard InChI is InChI=1S/C18H27NO2/c1-14(2)16-11-7-8-12-17(16)21-13-18(20)19-15-9-5-3-4-6-10-15/h7-8,11-12,14-15H,3-6,9-10,13H2,1-2H3,(H,19,20). The number of para-hydroxylation sites is 1. The fraction of sp³-hybridized carbons (Fsp3) is 0.611. The van der Waals surface area contributed by atoms with Gasteiger partial charge in [-0.2, -0.15) is 0 Å². The van der Waals surface area contributed by atoms with Crippen molar-refractivity contribution in [1.82, 2.24) is 5.32 Å². The van der Waals surface area contributed by atoms with Crippen molar-refractivity contribution in [3.63, 3.8) is 0 Å². The number of rotatable bonds is 5. The van der Waals surface area contributed by atoms with Gasteiger partial charge in [0.2, 0.25) is 0 Å². The molecular weight excluding hydrogens is 262 g/mol. The molecule has 21 heavy (non-hydrogen) atoms. The molecule has 0 spiro atoms. The number of nitrogens with one attached hydrogen (secondary N) is 1. The molecule has 116 valence electrons. The summed E-state index contributed by atoms with van der Waals surface area (Å²) < 4.78 is 5.72. The summed E-state index contributed by atoms with van der Waals surface area (Å²) in [4.78, 5) is 12.0. The van der Waals surface area contributed by atoms with Crippen LogP contribution in [0.15, 0.2) is 24.3 Å². The lowest BCUT2D eigenvalue weighted by Gasteiger charge is -2.17. The molecule has 0 bridgehead atoms. The van der Waals surface area contributed by atoms with Gasteiger partial charge in [-0.15, -0.1) is 0 Å². The molecular formula is C18H27NO2. The average Bonchev–Trinajstić information content (AvgIpc) is 2.74. The second kappa shape index (κ2) is 8.06. The van der Waals surface area contributed by atoms with Gasteiger partial charge in [-0.3, -0.25) is 4.79 Å². The Morgan fingerprint density at radius 3 is 2.52 bits per heavy atom. The SMILES string of the molecule is CC(C)c1ccccc1OCC(=O)NC1CCCCCC1. The fourth-order valence-electron chi connectivity index (χ4n) is 2.93. The predicted molar refractivity (Wildman–Crippen MR) is 85.7 cm³/mol. The largest absolute Gasteiger partial charge is 0.483 e. The summed E-state index contributed by atoms with van der Waals surface area (Å²) in [6.45, 7) is 4.38. The van der Waals surface area contributed by atoms with E-state index in [4.69, 9.17) is 4.74 Å². The first-order chi connectivity index (χ1) is 10.2. The number of hydrogen-bond donors (Lipinski definition) is 1. The molecule has 3 nitrogen and oxygen atoms in total. The van der Waals surface area contributed by atoms with Gasteiger partial charge < -0.3 is 10.1 Å². The van der Waals surface area contributed by atoms with Crippen molar-refractivity contribution in [2.45, 2.75) is 64.3 Å². The summed E-state index contributed by atoms with van der Waals surface area (Å²) >= 11 is 0. The van der Waals surface area contributed by atoms with Crippen LogP contribution in [0.25, 0.3) is 0 Å². The summed E-state index contributed by atoms with van der Waals surface area (Å²) in [5.74, 6) is 1.22. The molecule has 1 N–H and O–H groups in total. The maximum Gasteiger partial charge on any atom is 0.258 e. The maximum atomic E-state index is 12.0. The van der Waals surface area contributed by atoms with Gasteiger partial charge in [-0.05, 0) is 30.4 Å². The fourth-order valence-corrected chi connectivity index (χ4v) is 2.93. The molecule has 0 saturated heterocycles. The third kappa shape index (κ3) is 5.07. The van der Waals surface area contributed by atoms with Crippen molar-refractivity contribution in [2.75, 3.05) is 6.61 Å². The molecule has 3 heteroatoms. The number of amides is 1. The van der Waals surface area contributed by atoms with Gasteiger partial charge in [-0.1, -0.05) is 57.7 Å². The van der Waals surface area contributed by atoms with Crippen molar-refractivity contribution < 1.29 is 9.53 Å². The molecule has 1 aromatic rings. The summed E-state index contributed by atoms with van der Waals surface area (Å²) in [7, 11) is 0. The number of benzene rings is 1. The van der Waals surface area contributed by atoms with Crippen LogP contribution >= 0.6 is 0 Å². The van der Waals surface area contributed by atoms with E-state index in [-0.39, 0.29) is 12.5 Å². The van der Waals surface area contributed by atoms with Gasteiger partial charge in [-0.25, -0.2) is 0 Å². The van der Waals surface area contributed by atoms with Crippen molar-refractivity contribution in [2.24, 2.45) is 0 Å². The molecule has 0 heterocycles. The summed E-state index contributed by atoms with van der Waals surface area (Å²) in [6.07, 6.45) is 7.25. The Morgan fingerprint density at radius 1 is 1.19 bits per heavy atom. The second-order valence-corrected chi connectivity index (χ2v) is 6.24. The van der Waals surface area contributed by atoms with Crippen molar-refractivity contribution in [3.05, 3.63) is 29.8 Å². The third-order valence-corrected chi connectivity index (χ3v) is 4.12. The molecule has 1 fully saturated rings. The van der Waals surface area contributed by atoms with Gasteiger partial charge in [0.25, 0.3) is 5.91 Å². The van der Waals surface area contributed by atoms with E-state index >= 15 is 0 Å². The normalized spacial score (nSPS) is 16.5. The summed E-state index contributed by atoms with van der Waals surface area (Å²) in [5, 5.41) is 3.11. The Hall–Kier alpha value is -1.51. The molecule has 1 aliphatic carbocycles. The van der Waals surface area contributed by atoms with Gasteiger partial charge in [0, 0.05) is 6.04 Å². The van der Waals surface area contributed by atoms with E-state index in [1.165, 1.54) is 25.7 Å². The van der Waals surface area contributed by atoms with Crippen molar-refractivity contribution in [1.29, 1.82) is 0 Å². The summed E-state index contributed by atoms with van der Waals surface area (Å²) in [5.41, 5.74) is 1.15. The molecule has 1 saturated carbocycles. The Morgan fingerprint density at radius 2 is 1.86 bits per heavy atom. The van der Waals surface area contributed by atoms with Crippen LogP contribution < -0.4 is 10.1 Å². The van der Waals surface area contributed by atoms with E-state index in [0.717, 1.165) is 24.2 Å². The maximum absolute atomic E-state index is 12.0. The zero-order chi connectivity index (χ0) is 15.1. The number of carbonyl (C=O) groups is 1. The molecule has 1 aliphatic rings. The molecule has 2 rings (SSSR count). The van der Waals surface area contributed by atoms with Crippen LogP contribution in [0.5, 0.6) is 5.75 Å². The molecule has 0 atom stereocenters. The molecule has 0 radical (unpaired) electrons. The Labute approximate surface area is 128 Å². The molecule has 0 unspecified atom stereocenters. The van der Waals surface area contributed by atoms with Gasteiger partial charge in [0.1, 0.15) is 5.75 Å². The number of hydrogen-bond acceptors (Lipinski definition) is 2. The van der Waals surface area contributed by atoms with Crippen LogP contribution in [0.2, 0.25) is 0 Å². The number of carbonyl (C=O) groups excluding carboxylic acids is 1. The quantitative estimate of drug-likeness (QED) is 0.831. The minimum Gasteiger partial charge on any atom is -0.483 e. The van der Waals surface area contributed by atoms with Gasteiger partial charge in [0.05, 0.1) is 0 Å². The van der Waals surface area contributed by atoms with Crippen LogP contribution in [0, 0.1) is 0 Å². The van der Waals surface area contributed by atoms with Gasteiger partial charge in [0.15, 0.2) is 6.61 Å². The second-order valence-electron chi connectivity index (χ2n) is 6.24. The van der Waals surface area contributed by atoms with Crippen LogP contribution in [-0.4, -0.2) is 18.6 Å².